The number of carbonyl (C=O) groups is 2. The number of carbonyl (C=O) groups excluding carboxylic acids is 1. The standard InChI is InChI=1S/C14H19N3O3S/c18-11(17-6-1-2-7-17)8-15-14-16-12-9(13(19)20)4-3-5-10(12)21-14/h9H,1-8H2,(H,15,16)(H,19,20). The van der Waals surface area contributed by atoms with Crippen LogP contribution in [0.15, 0.2) is 0 Å². The van der Waals surface area contributed by atoms with Gasteiger partial charge in [0.25, 0.3) is 0 Å². The molecule has 0 bridgehead atoms. The third-order valence-electron chi connectivity index (χ3n) is 4.10. The van der Waals surface area contributed by atoms with E-state index < -0.39 is 11.9 Å². The second-order valence-electron chi connectivity index (χ2n) is 5.55. The first-order chi connectivity index (χ1) is 10.1. The minimum absolute atomic E-state index is 0.0930. The van der Waals surface area contributed by atoms with Crippen LogP contribution in [0.4, 0.5) is 5.13 Å². The maximum Gasteiger partial charge on any atom is 0.312 e. The molecule has 1 amide bonds. The van der Waals surface area contributed by atoms with E-state index in [1.165, 1.54) is 11.3 Å². The van der Waals surface area contributed by atoms with Crippen molar-refractivity contribution in [2.75, 3.05) is 25.0 Å². The number of nitrogens with zero attached hydrogens (tertiary/aromatic N) is 2. The molecule has 2 heterocycles. The summed E-state index contributed by atoms with van der Waals surface area (Å²) < 4.78 is 0. The van der Waals surface area contributed by atoms with Crippen LogP contribution in [0.25, 0.3) is 0 Å². The molecular weight excluding hydrogens is 290 g/mol. The van der Waals surface area contributed by atoms with Crippen molar-refractivity contribution in [2.24, 2.45) is 0 Å². The number of carboxylic acids is 1. The number of hydrogen-bond acceptors (Lipinski definition) is 5. The number of likely N-dealkylation sites (tertiary alicyclic amines) is 1. The zero-order valence-electron chi connectivity index (χ0n) is 11.8. The van der Waals surface area contributed by atoms with Crippen molar-refractivity contribution in [3.63, 3.8) is 0 Å². The number of rotatable bonds is 4. The van der Waals surface area contributed by atoms with Crippen molar-refractivity contribution in [3.05, 3.63) is 10.6 Å². The maximum absolute atomic E-state index is 12.0. The molecule has 0 aromatic carbocycles. The monoisotopic (exact) mass is 309 g/mol. The quantitative estimate of drug-likeness (QED) is 0.884. The molecule has 2 N–H and O–H groups in total. The summed E-state index contributed by atoms with van der Waals surface area (Å²) >= 11 is 1.48. The summed E-state index contributed by atoms with van der Waals surface area (Å²) in [6.07, 6.45) is 4.59. The first-order valence-electron chi connectivity index (χ1n) is 7.39. The zero-order chi connectivity index (χ0) is 14.8. The van der Waals surface area contributed by atoms with Crippen molar-refractivity contribution in [2.45, 2.75) is 38.0 Å². The largest absolute Gasteiger partial charge is 0.481 e. The van der Waals surface area contributed by atoms with Crippen LogP contribution in [-0.2, 0) is 16.0 Å². The van der Waals surface area contributed by atoms with Crippen LogP contribution in [0.5, 0.6) is 0 Å². The van der Waals surface area contributed by atoms with Crippen LogP contribution in [-0.4, -0.2) is 46.5 Å². The smallest absolute Gasteiger partial charge is 0.312 e. The van der Waals surface area contributed by atoms with Crippen LogP contribution >= 0.6 is 11.3 Å². The highest BCUT2D eigenvalue weighted by Gasteiger charge is 2.30. The van der Waals surface area contributed by atoms with Crippen LogP contribution in [0.1, 0.15) is 42.2 Å². The first-order valence-corrected chi connectivity index (χ1v) is 8.21. The lowest BCUT2D eigenvalue weighted by molar-refractivity contribution is -0.139. The Morgan fingerprint density at radius 1 is 1.33 bits per heavy atom. The SMILES string of the molecule is O=C(O)C1CCCc2sc(NCC(=O)N3CCCC3)nc21. The van der Waals surface area contributed by atoms with Crippen molar-refractivity contribution in [1.29, 1.82) is 0 Å². The molecule has 1 saturated heterocycles. The molecule has 1 unspecified atom stereocenters. The first kappa shape index (κ1) is 14.3. The second kappa shape index (κ2) is 6.01. The molecule has 0 spiro atoms. The fraction of sp³-hybridized carbons (Fsp3) is 0.643. The Kier molecular flexibility index (Phi) is 4.10. The Morgan fingerprint density at radius 3 is 2.81 bits per heavy atom. The third-order valence-corrected chi connectivity index (χ3v) is 5.19. The van der Waals surface area contributed by atoms with Crippen LogP contribution in [0.2, 0.25) is 0 Å². The molecule has 1 atom stereocenters. The van der Waals surface area contributed by atoms with E-state index in [4.69, 9.17) is 0 Å². The average Bonchev–Trinajstić information content (AvgIpc) is 3.12. The van der Waals surface area contributed by atoms with Gasteiger partial charge in [-0.15, -0.1) is 11.3 Å². The summed E-state index contributed by atoms with van der Waals surface area (Å²) in [7, 11) is 0. The van der Waals surface area contributed by atoms with Gasteiger partial charge in [0.2, 0.25) is 5.91 Å². The minimum Gasteiger partial charge on any atom is -0.481 e. The normalized spacial score (nSPS) is 21.1. The van der Waals surface area contributed by atoms with Crippen LogP contribution in [0, 0.1) is 0 Å². The molecule has 1 aliphatic carbocycles. The van der Waals surface area contributed by atoms with Gasteiger partial charge in [-0.25, -0.2) is 4.98 Å². The second-order valence-corrected chi connectivity index (χ2v) is 6.64. The number of aryl methyl sites for hydroxylation is 1. The van der Waals surface area contributed by atoms with Gasteiger partial charge in [-0.05, 0) is 32.1 Å². The third kappa shape index (κ3) is 3.02. The number of amides is 1. The summed E-state index contributed by atoms with van der Waals surface area (Å²) in [5, 5.41) is 13.0. The number of hydrogen-bond donors (Lipinski definition) is 2. The molecule has 2 aliphatic rings. The van der Waals surface area contributed by atoms with E-state index in [-0.39, 0.29) is 12.5 Å². The summed E-state index contributed by atoms with van der Waals surface area (Å²) in [5.41, 5.74) is 0.690. The number of anilines is 1. The van der Waals surface area contributed by atoms with Gasteiger partial charge in [-0.1, -0.05) is 0 Å². The lowest BCUT2D eigenvalue weighted by atomic mass is 9.91. The molecule has 7 heteroatoms. The zero-order valence-corrected chi connectivity index (χ0v) is 12.6. The fourth-order valence-corrected chi connectivity index (χ4v) is 4.02. The highest BCUT2D eigenvalue weighted by Crippen LogP contribution is 2.36. The number of carboxylic acid groups (broad SMARTS) is 1. The topological polar surface area (TPSA) is 82.5 Å². The number of nitrogens with one attached hydrogen (secondary N) is 1. The van der Waals surface area contributed by atoms with Crippen molar-refractivity contribution in [3.8, 4) is 0 Å². The van der Waals surface area contributed by atoms with E-state index in [0.717, 1.165) is 43.6 Å². The van der Waals surface area contributed by atoms with E-state index in [1.807, 2.05) is 4.90 Å². The van der Waals surface area contributed by atoms with E-state index in [2.05, 4.69) is 10.3 Å². The molecule has 1 aromatic rings. The predicted molar refractivity (Wildman–Crippen MR) is 79.7 cm³/mol. The van der Waals surface area contributed by atoms with Gasteiger partial charge in [0.15, 0.2) is 5.13 Å². The molecule has 1 aromatic heterocycles. The Bertz CT molecular complexity index is 552. The molecule has 6 nitrogen and oxygen atoms in total. The van der Waals surface area contributed by atoms with Gasteiger partial charge in [0.05, 0.1) is 12.2 Å². The van der Waals surface area contributed by atoms with Crippen molar-refractivity contribution in [1.82, 2.24) is 9.88 Å². The van der Waals surface area contributed by atoms with Crippen molar-refractivity contribution < 1.29 is 14.7 Å². The van der Waals surface area contributed by atoms with Crippen LogP contribution < -0.4 is 5.32 Å². The number of fused-ring (bicyclic) bond motifs is 1. The van der Waals surface area contributed by atoms with Gasteiger partial charge >= 0.3 is 5.97 Å². The summed E-state index contributed by atoms with van der Waals surface area (Å²) in [4.78, 5) is 30.5. The number of aliphatic carboxylic acids is 1. The van der Waals surface area contributed by atoms with Gasteiger partial charge in [-0.2, -0.15) is 0 Å². The molecule has 0 saturated carbocycles. The van der Waals surface area contributed by atoms with Gasteiger partial charge in [-0.3, -0.25) is 9.59 Å². The predicted octanol–water partition coefficient (Wildman–Crippen LogP) is 1.68. The lowest BCUT2D eigenvalue weighted by Gasteiger charge is -2.16. The van der Waals surface area contributed by atoms with Gasteiger partial charge < -0.3 is 15.3 Å². The highest BCUT2D eigenvalue weighted by atomic mass is 32.1. The Morgan fingerprint density at radius 2 is 2.10 bits per heavy atom. The van der Waals surface area contributed by atoms with E-state index in [1.54, 1.807) is 0 Å². The van der Waals surface area contributed by atoms with Crippen molar-refractivity contribution >= 4 is 28.3 Å². The molecule has 1 fully saturated rings. The average molecular weight is 309 g/mol. The fourth-order valence-electron chi connectivity index (χ4n) is 2.96. The Balaban J connectivity index is 1.64. The number of thiazole rings is 1. The molecule has 114 valence electrons. The molecule has 3 rings (SSSR count). The number of aromatic nitrogens is 1. The van der Waals surface area contributed by atoms with Crippen LogP contribution in [0.3, 0.4) is 0 Å². The van der Waals surface area contributed by atoms with E-state index in [0.29, 0.717) is 17.2 Å². The maximum atomic E-state index is 12.0. The Hall–Kier alpha value is -1.63. The highest BCUT2D eigenvalue weighted by molar-refractivity contribution is 7.15. The summed E-state index contributed by atoms with van der Waals surface area (Å²) in [5.74, 6) is -1.20. The summed E-state index contributed by atoms with van der Waals surface area (Å²) in [6.45, 7) is 1.93. The molecule has 0 radical (unpaired) electrons. The minimum atomic E-state index is -0.805. The lowest BCUT2D eigenvalue weighted by Crippen LogP contribution is -2.32. The molecular formula is C14H19N3O3S. The van der Waals surface area contributed by atoms with Gasteiger partial charge in [0.1, 0.15) is 5.92 Å². The molecule has 21 heavy (non-hydrogen) atoms. The van der Waals surface area contributed by atoms with Gasteiger partial charge in [0, 0.05) is 18.0 Å². The van der Waals surface area contributed by atoms with E-state index >= 15 is 0 Å². The molecule has 1 aliphatic heterocycles. The summed E-state index contributed by atoms with van der Waals surface area (Å²) in [6, 6.07) is 0. The van der Waals surface area contributed by atoms with E-state index in [9.17, 15) is 14.7 Å². The Labute approximate surface area is 127 Å².